The van der Waals surface area contributed by atoms with Crippen molar-refractivity contribution in [3.05, 3.63) is 77.4 Å². The van der Waals surface area contributed by atoms with Crippen LogP contribution in [-0.4, -0.2) is 35.6 Å². The number of hydrogen-bond acceptors (Lipinski definition) is 6. The second kappa shape index (κ2) is 8.28. The van der Waals surface area contributed by atoms with Crippen molar-refractivity contribution in [3.63, 3.8) is 0 Å². The Kier molecular flexibility index (Phi) is 5.38. The van der Waals surface area contributed by atoms with E-state index in [0.29, 0.717) is 35.1 Å². The average molecular weight is 405 g/mol. The van der Waals surface area contributed by atoms with Crippen molar-refractivity contribution in [2.24, 2.45) is 4.99 Å². The summed E-state index contributed by atoms with van der Waals surface area (Å²) in [5.41, 5.74) is 2.47. The predicted molar refractivity (Wildman–Crippen MR) is 113 cm³/mol. The lowest BCUT2D eigenvalue weighted by atomic mass is 10.1. The first-order valence-corrected chi connectivity index (χ1v) is 9.39. The number of benzene rings is 2. The van der Waals surface area contributed by atoms with Crippen molar-refractivity contribution in [1.29, 1.82) is 0 Å². The van der Waals surface area contributed by atoms with Crippen LogP contribution in [0, 0.1) is 5.82 Å². The first kappa shape index (κ1) is 19.5. The summed E-state index contributed by atoms with van der Waals surface area (Å²) in [7, 11) is 1.28. The Balaban J connectivity index is 1.81. The van der Waals surface area contributed by atoms with E-state index in [1.165, 1.54) is 19.2 Å². The Labute approximate surface area is 172 Å². The number of rotatable bonds is 4. The standard InChI is InChI=1S/C22H20FN5O2/c1-13-11-18(24-12-13)26-20-16-5-3-4-6-17(16)25-21(28-20)19(27-22(29)30-2)14-7-9-15(23)10-8-14/h3-11,19H,12H2,1-2H3,(H,27,29)(H,24,25,26,28). The summed E-state index contributed by atoms with van der Waals surface area (Å²) in [5.74, 6) is 1.24. The number of amidine groups is 1. The summed E-state index contributed by atoms with van der Waals surface area (Å²) in [5, 5.41) is 6.81. The number of alkyl carbamates (subject to hydrolysis) is 1. The molecule has 1 aromatic heterocycles. The number of anilines is 1. The lowest BCUT2D eigenvalue weighted by molar-refractivity contribution is 0.168. The minimum absolute atomic E-state index is 0.340. The van der Waals surface area contributed by atoms with Crippen molar-refractivity contribution in [2.45, 2.75) is 13.0 Å². The van der Waals surface area contributed by atoms with Gasteiger partial charge in [0.2, 0.25) is 0 Å². The van der Waals surface area contributed by atoms with Crippen molar-refractivity contribution in [3.8, 4) is 0 Å². The topological polar surface area (TPSA) is 88.5 Å². The molecule has 0 spiro atoms. The molecule has 1 amide bonds. The van der Waals surface area contributed by atoms with E-state index in [-0.39, 0.29) is 5.82 Å². The molecule has 0 bridgehead atoms. The van der Waals surface area contributed by atoms with Gasteiger partial charge in [-0.05, 0) is 48.4 Å². The number of nitrogens with zero attached hydrogens (tertiary/aromatic N) is 3. The summed E-state index contributed by atoms with van der Waals surface area (Å²) in [6.07, 6.45) is 1.31. The van der Waals surface area contributed by atoms with E-state index in [1.807, 2.05) is 37.3 Å². The molecule has 4 rings (SSSR count). The third-order valence-electron chi connectivity index (χ3n) is 4.66. The van der Waals surface area contributed by atoms with E-state index >= 15 is 0 Å². The van der Waals surface area contributed by atoms with Gasteiger partial charge in [0.15, 0.2) is 5.82 Å². The van der Waals surface area contributed by atoms with Crippen LogP contribution >= 0.6 is 0 Å². The van der Waals surface area contributed by atoms with Crippen LogP contribution in [0.5, 0.6) is 0 Å². The van der Waals surface area contributed by atoms with Gasteiger partial charge in [0.1, 0.15) is 23.5 Å². The van der Waals surface area contributed by atoms with Gasteiger partial charge in [0.05, 0.1) is 19.2 Å². The molecular weight excluding hydrogens is 385 g/mol. The number of para-hydroxylation sites is 1. The fourth-order valence-electron chi connectivity index (χ4n) is 3.18. The van der Waals surface area contributed by atoms with Gasteiger partial charge in [-0.15, -0.1) is 0 Å². The SMILES string of the molecule is COC(=O)NC(c1ccc(F)cc1)c1nc(NC2=NCC(C)=C2)c2ccccc2n1. The zero-order chi connectivity index (χ0) is 21.1. The molecule has 1 atom stereocenters. The molecule has 1 aliphatic heterocycles. The quantitative estimate of drug-likeness (QED) is 0.685. The van der Waals surface area contributed by atoms with E-state index in [2.05, 4.69) is 25.6 Å². The molecule has 30 heavy (non-hydrogen) atoms. The van der Waals surface area contributed by atoms with Gasteiger partial charge in [-0.1, -0.05) is 24.3 Å². The molecule has 0 fully saturated rings. The molecule has 152 valence electrons. The lowest BCUT2D eigenvalue weighted by Crippen LogP contribution is -2.30. The van der Waals surface area contributed by atoms with E-state index in [4.69, 9.17) is 4.74 Å². The maximum Gasteiger partial charge on any atom is 0.407 e. The summed E-state index contributed by atoms with van der Waals surface area (Å²) in [6.45, 7) is 2.65. The number of carbonyl (C=O) groups excluding carboxylic acids is 1. The van der Waals surface area contributed by atoms with Crippen molar-refractivity contribution >= 4 is 28.6 Å². The van der Waals surface area contributed by atoms with Gasteiger partial charge in [-0.2, -0.15) is 0 Å². The second-order valence-electron chi connectivity index (χ2n) is 6.89. The van der Waals surface area contributed by atoms with Crippen molar-refractivity contribution in [1.82, 2.24) is 15.3 Å². The Bertz CT molecular complexity index is 1160. The molecule has 0 saturated heterocycles. The Morgan fingerprint density at radius 2 is 1.90 bits per heavy atom. The van der Waals surface area contributed by atoms with E-state index < -0.39 is 12.1 Å². The molecular formula is C22H20FN5O2. The molecule has 2 N–H and O–H groups in total. The highest BCUT2D eigenvalue weighted by atomic mass is 19.1. The number of fused-ring (bicyclic) bond motifs is 1. The number of halogens is 1. The normalized spacial score (nSPS) is 14.1. The second-order valence-corrected chi connectivity index (χ2v) is 6.89. The molecule has 1 unspecified atom stereocenters. The monoisotopic (exact) mass is 405 g/mol. The molecule has 0 radical (unpaired) electrons. The van der Waals surface area contributed by atoms with Crippen molar-refractivity contribution < 1.29 is 13.9 Å². The van der Waals surface area contributed by atoms with Gasteiger partial charge >= 0.3 is 6.09 Å². The number of carbonyl (C=O) groups is 1. The van der Waals surface area contributed by atoms with Crippen LogP contribution in [0.25, 0.3) is 10.9 Å². The summed E-state index contributed by atoms with van der Waals surface area (Å²) in [6, 6.07) is 12.6. The van der Waals surface area contributed by atoms with Gasteiger partial charge < -0.3 is 15.4 Å². The lowest BCUT2D eigenvalue weighted by Gasteiger charge is -2.19. The van der Waals surface area contributed by atoms with Crippen LogP contribution in [0.1, 0.15) is 24.4 Å². The smallest absolute Gasteiger partial charge is 0.407 e. The van der Waals surface area contributed by atoms with Gasteiger partial charge in [0.25, 0.3) is 0 Å². The third-order valence-corrected chi connectivity index (χ3v) is 4.66. The number of amides is 1. The summed E-state index contributed by atoms with van der Waals surface area (Å²) >= 11 is 0. The fourth-order valence-corrected chi connectivity index (χ4v) is 3.18. The zero-order valence-corrected chi connectivity index (χ0v) is 16.5. The van der Waals surface area contributed by atoms with Crippen LogP contribution in [0.3, 0.4) is 0 Å². The maximum atomic E-state index is 13.4. The minimum atomic E-state index is -0.731. The average Bonchev–Trinajstić information content (AvgIpc) is 3.17. The molecule has 8 heteroatoms. The molecule has 0 saturated carbocycles. The van der Waals surface area contributed by atoms with E-state index in [9.17, 15) is 9.18 Å². The first-order chi connectivity index (χ1) is 14.5. The zero-order valence-electron chi connectivity index (χ0n) is 16.5. The number of hydrogen-bond donors (Lipinski definition) is 2. The molecule has 1 aliphatic rings. The molecule has 2 aromatic carbocycles. The number of aliphatic imine (C=N–C) groups is 1. The van der Waals surface area contributed by atoms with Gasteiger partial charge in [-0.3, -0.25) is 4.99 Å². The molecule has 0 aliphatic carbocycles. The first-order valence-electron chi connectivity index (χ1n) is 9.39. The summed E-state index contributed by atoms with van der Waals surface area (Å²) < 4.78 is 18.2. The Morgan fingerprint density at radius 3 is 2.60 bits per heavy atom. The Hall–Kier alpha value is -3.81. The molecule has 7 nitrogen and oxygen atoms in total. The van der Waals surface area contributed by atoms with E-state index in [0.717, 1.165) is 11.0 Å². The molecule has 3 aromatic rings. The van der Waals surface area contributed by atoms with Crippen LogP contribution in [-0.2, 0) is 4.74 Å². The van der Waals surface area contributed by atoms with Gasteiger partial charge in [0, 0.05) is 5.39 Å². The Morgan fingerprint density at radius 1 is 1.13 bits per heavy atom. The number of nitrogens with one attached hydrogen (secondary N) is 2. The minimum Gasteiger partial charge on any atom is -0.453 e. The van der Waals surface area contributed by atoms with Crippen LogP contribution in [0.4, 0.5) is 15.0 Å². The van der Waals surface area contributed by atoms with Gasteiger partial charge in [-0.25, -0.2) is 19.2 Å². The van der Waals surface area contributed by atoms with E-state index in [1.54, 1.807) is 12.1 Å². The third kappa shape index (κ3) is 4.12. The van der Waals surface area contributed by atoms with Crippen LogP contribution in [0.2, 0.25) is 0 Å². The maximum absolute atomic E-state index is 13.4. The van der Waals surface area contributed by atoms with Crippen LogP contribution in [0.15, 0.2) is 65.2 Å². The largest absolute Gasteiger partial charge is 0.453 e. The number of ether oxygens (including phenoxy) is 1. The van der Waals surface area contributed by atoms with Crippen LogP contribution < -0.4 is 10.6 Å². The van der Waals surface area contributed by atoms with Crippen molar-refractivity contribution in [2.75, 3.05) is 19.0 Å². The number of methoxy groups -OCH3 is 1. The number of aromatic nitrogens is 2. The molecule has 2 heterocycles. The highest BCUT2D eigenvalue weighted by Gasteiger charge is 2.22. The fraction of sp³-hybridized carbons (Fsp3) is 0.182. The predicted octanol–water partition coefficient (Wildman–Crippen LogP) is 3.98. The highest BCUT2D eigenvalue weighted by molar-refractivity contribution is 6.08. The highest BCUT2D eigenvalue weighted by Crippen LogP contribution is 2.26. The summed E-state index contributed by atoms with van der Waals surface area (Å²) in [4.78, 5) is 25.8.